The molecular formula is C20H26N4O2S. The fraction of sp³-hybridized carbons (Fsp3) is 0.450. The lowest BCUT2D eigenvalue weighted by Gasteiger charge is -2.24. The fourth-order valence-electron chi connectivity index (χ4n) is 3.54. The van der Waals surface area contributed by atoms with Crippen molar-refractivity contribution in [1.82, 2.24) is 14.8 Å². The summed E-state index contributed by atoms with van der Waals surface area (Å²) in [5.74, 6) is 0.0150. The Balaban J connectivity index is 1.84. The molecule has 0 bridgehead atoms. The van der Waals surface area contributed by atoms with Crippen molar-refractivity contribution >= 4 is 23.2 Å². The highest BCUT2D eigenvalue weighted by atomic mass is 32.2. The quantitative estimate of drug-likeness (QED) is 0.609. The summed E-state index contributed by atoms with van der Waals surface area (Å²) < 4.78 is 1.59. The van der Waals surface area contributed by atoms with Gasteiger partial charge in [-0.05, 0) is 25.0 Å². The molecule has 0 saturated carbocycles. The number of nitrogens with one attached hydrogen (secondary N) is 1. The second kappa shape index (κ2) is 7.38. The monoisotopic (exact) mass is 386 g/mol. The van der Waals surface area contributed by atoms with E-state index < -0.39 is 0 Å². The van der Waals surface area contributed by atoms with E-state index in [9.17, 15) is 9.59 Å². The number of fused-ring (bicyclic) bond motifs is 1. The zero-order valence-electron chi connectivity index (χ0n) is 16.4. The van der Waals surface area contributed by atoms with Gasteiger partial charge in [-0.25, -0.2) is 9.89 Å². The molecular weight excluding hydrogens is 360 g/mol. The molecule has 0 saturated heterocycles. The first-order valence-electron chi connectivity index (χ1n) is 9.18. The van der Waals surface area contributed by atoms with Crippen LogP contribution in [0.3, 0.4) is 0 Å². The number of carbonyl (C=O) groups is 1. The summed E-state index contributed by atoms with van der Waals surface area (Å²) in [4.78, 5) is 26.8. The predicted octanol–water partition coefficient (Wildman–Crippen LogP) is 3.34. The molecule has 0 spiro atoms. The van der Waals surface area contributed by atoms with Gasteiger partial charge in [0.1, 0.15) is 0 Å². The Kier molecular flexibility index (Phi) is 5.33. The minimum absolute atomic E-state index is 0.0150. The largest absolute Gasteiger partial charge is 0.347 e. The first-order chi connectivity index (χ1) is 12.8. The number of rotatable bonds is 6. The molecule has 2 aromatic rings. The Hall–Kier alpha value is -2.28. The molecule has 144 valence electrons. The van der Waals surface area contributed by atoms with Gasteiger partial charge < -0.3 is 4.90 Å². The van der Waals surface area contributed by atoms with Crippen LogP contribution in [0.2, 0.25) is 0 Å². The lowest BCUT2D eigenvalue weighted by Crippen LogP contribution is -2.25. The normalized spacial score (nSPS) is 18.0. The van der Waals surface area contributed by atoms with Gasteiger partial charge in [0.15, 0.2) is 10.9 Å². The zero-order chi connectivity index (χ0) is 19.8. The summed E-state index contributed by atoms with van der Waals surface area (Å²) in [5, 5.41) is 6.76. The minimum Gasteiger partial charge on any atom is -0.347 e. The number of hydrogen-bond donors (Lipinski definition) is 1. The SMILES string of the molecule is CCCn1c(SC(C)C(=O)/C=C2/N(C)c3ccccc3C2(C)C)n[nH]c1=O. The summed E-state index contributed by atoms with van der Waals surface area (Å²) in [6, 6.07) is 8.23. The van der Waals surface area contributed by atoms with Gasteiger partial charge in [0.05, 0.1) is 5.25 Å². The number of thioether (sulfide) groups is 1. The standard InChI is InChI=1S/C20H26N4O2S/c1-6-11-24-18(26)21-22-19(24)27-13(2)16(25)12-17-20(3,4)14-9-7-8-10-15(14)23(17)5/h7-10,12-13H,6,11H2,1-5H3,(H,21,26)/b17-12+. The zero-order valence-corrected chi connectivity index (χ0v) is 17.3. The molecule has 0 aliphatic carbocycles. The number of allylic oxidation sites excluding steroid dienone is 2. The van der Waals surface area contributed by atoms with Crippen molar-refractivity contribution in [2.45, 2.75) is 56.5 Å². The average Bonchev–Trinajstić information content (AvgIpc) is 3.07. The molecule has 0 amide bonds. The van der Waals surface area contributed by atoms with E-state index in [-0.39, 0.29) is 22.1 Å². The van der Waals surface area contributed by atoms with Crippen molar-refractivity contribution in [1.29, 1.82) is 0 Å². The molecule has 1 aliphatic rings. The highest BCUT2D eigenvalue weighted by molar-refractivity contribution is 8.00. The van der Waals surface area contributed by atoms with Crippen molar-refractivity contribution in [3.05, 3.63) is 52.1 Å². The number of benzene rings is 1. The molecule has 1 unspecified atom stereocenters. The third kappa shape index (κ3) is 3.48. The van der Waals surface area contributed by atoms with Crippen LogP contribution in [-0.2, 0) is 16.8 Å². The third-order valence-electron chi connectivity index (χ3n) is 5.07. The van der Waals surface area contributed by atoms with Gasteiger partial charge >= 0.3 is 5.69 Å². The summed E-state index contributed by atoms with van der Waals surface area (Å²) in [6.07, 6.45) is 2.57. The maximum Gasteiger partial charge on any atom is 0.343 e. The Bertz CT molecular complexity index is 941. The van der Waals surface area contributed by atoms with E-state index in [4.69, 9.17) is 0 Å². The summed E-state index contributed by atoms with van der Waals surface area (Å²) in [6.45, 7) is 8.72. The van der Waals surface area contributed by atoms with Crippen LogP contribution < -0.4 is 10.6 Å². The molecule has 1 atom stereocenters. The Morgan fingerprint density at radius 1 is 1.37 bits per heavy atom. The van der Waals surface area contributed by atoms with Crippen molar-refractivity contribution in [2.24, 2.45) is 0 Å². The van der Waals surface area contributed by atoms with Crippen LogP contribution in [0.1, 0.15) is 39.7 Å². The van der Waals surface area contributed by atoms with Crippen molar-refractivity contribution in [3.63, 3.8) is 0 Å². The Morgan fingerprint density at radius 2 is 2.07 bits per heavy atom. The van der Waals surface area contributed by atoms with E-state index in [1.54, 1.807) is 10.6 Å². The van der Waals surface area contributed by atoms with Gasteiger partial charge in [-0.15, -0.1) is 5.10 Å². The van der Waals surface area contributed by atoms with Gasteiger partial charge in [0, 0.05) is 36.5 Å². The molecule has 27 heavy (non-hydrogen) atoms. The van der Waals surface area contributed by atoms with E-state index in [1.165, 1.54) is 17.3 Å². The Morgan fingerprint density at radius 3 is 2.74 bits per heavy atom. The van der Waals surface area contributed by atoms with E-state index >= 15 is 0 Å². The molecule has 1 aromatic carbocycles. The maximum atomic E-state index is 12.9. The average molecular weight is 387 g/mol. The van der Waals surface area contributed by atoms with Crippen LogP contribution >= 0.6 is 11.8 Å². The lowest BCUT2D eigenvalue weighted by atomic mass is 9.83. The number of carbonyl (C=O) groups excluding carboxylic acids is 1. The van der Waals surface area contributed by atoms with Crippen molar-refractivity contribution in [3.8, 4) is 0 Å². The van der Waals surface area contributed by atoms with Crippen LogP contribution in [0.5, 0.6) is 0 Å². The van der Waals surface area contributed by atoms with Crippen molar-refractivity contribution < 1.29 is 4.79 Å². The van der Waals surface area contributed by atoms with Gasteiger partial charge in [0.2, 0.25) is 0 Å². The predicted molar refractivity (Wildman–Crippen MR) is 109 cm³/mol. The number of hydrogen-bond acceptors (Lipinski definition) is 5. The number of aromatic nitrogens is 3. The van der Waals surface area contributed by atoms with Crippen LogP contribution in [0.15, 0.2) is 46.0 Å². The molecule has 1 aliphatic heterocycles. The van der Waals surface area contributed by atoms with Gasteiger partial charge in [0.25, 0.3) is 0 Å². The number of H-pyrrole nitrogens is 1. The number of likely N-dealkylation sites (N-methyl/N-ethyl adjacent to an activating group) is 1. The van der Waals surface area contributed by atoms with Crippen LogP contribution in [0.4, 0.5) is 5.69 Å². The number of anilines is 1. The third-order valence-corrected chi connectivity index (χ3v) is 6.18. The number of para-hydroxylation sites is 1. The molecule has 0 fully saturated rings. The smallest absolute Gasteiger partial charge is 0.343 e. The number of ketones is 1. The summed E-state index contributed by atoms with van der Waals surface area (Å²) in [7, 11) is 2.00. The second-order valence-corrected chi connectivity index (χ2v) is 8.66. The van der Waals surface area contributed by atoms with Gasteiger partial charge in [-0.2, -0.15) is 0 Å². The number of nitrogens with zero attached hydrogens (tertiary/aromatic N) is 3. The summed E-state index contributed by atoms with van der Waals surface area (Å²) in [5.41, 5.74) is 2.86. The molecule has 1 aromatic heterocycles. The van der Waals surface area contributed by atoms with Crippen LogP contribution in [-0.4, -0.2) is 32.8 Å². The van der Waals surface area contributed by atoms with E-state index in [1.807, 2.05) is 33.0 Å². The molecule has 2 heterocycles. The highest BCUT2D eigenvalue weighted by Gasteiger charge is 2.38. The summed E-state index contributed by atoms with van der Waals surface area (Å²) >= 11 is 1.32. The molecule has 3 rings (SSSR count). The molecule has 1 N–H and O–H groups in total. The van der Waals surface area contributed by atoms with Crippen molar-refractivity contribution in [2.75, 3.05) is 11.9 Å². The first-order valence-corrected chi connectivity index (χ1v) is 10.1. The topological polar surface area (TPSA) is 71.0 Å². The van der Waals surface area contributed by atoms with E-state index in [0.717, 1.165) is 17.8 Å². The molecule has 6 nitrogen and oxygen atoms in total. The van der Waals surface area contributed by atoms with Crippen LogP contribution in [0, 0.1) is 0 Å². The molecule has 7 heteroatoms. The van der Waals surface area contributed by atoms with E-state index in [2.05, 4.69) is 41.1 Å². The second-order valence-electron chi connectivity index (χ2n) is 7.36. The minimum atomic E-state index is -0.337. The van der Waals surface area contributed by atoms with E-state index in [0.29, 0.717) is 11.7 Å². The maximum absolute atomic E-state index is 12.9. The van der Waals surface area contributed by atoms with Crippen LogP contribution in [0.25, 0.3) is 0 Å². The number of aromatic amines is 1. The Labute approximate surface area is 163 Å². The fourth-order valence-corrected chi connectivity index (χ4v) is 4.44. The highest BCUT2D eigenvalue weighted by Crippen LogP contribution is 2.46. The first kappa shape index (κ1) is 19.5. The molecule has 0 radical (unpaired) electrons. The van der Waals surface area contributed by atoms with Gasteiger partial charge in [-0.1, -0.05) is 50.7 Å². The lowest BCUT2D eigenvalue weighted by molar-refractivity contribution is -0.114. The van der Waals surface area contributed by atoms with Gasteiger partial charge in [-0.3, -0.25) is 9.36 Å².